The summed E-state index contributed by atoms with van der Waals surface area (Å²) in [6, 6.07) is 15.1. The van der Waals surface area contributed by atoms with Crippen molar-refractivity contribution in [2.75, 3.05) is 38.3 Å². The third kappa shape index (κ3) is 5.20. The van der Waals surface area contributed by atoms with Crippen LogP contribution in [0.3, 0.4) is 0 Å². The van der Waals surface area contributed by atoms with E-state index in [2.05, 4.69) is 44.8 Å². The topological polar surface area (TPSA) is 48.9 Å². The number of benzene rings is 2. The molecule has 0 aliphatic carbocycles. The summed E-state index contributed by atoms with van der Waals surface area (Å²) >= 11 is 0. The lowest BCUT2D eigenvalue weighted by molar-refractivity contribution is 0.122. The molecule has 1 aliphatic heterocycles. The third-order valence-electron chi connectivity index (χ3n) is 4.35. The molecule has 2 aromatic carbocycles. The lowest BCUT2D eigenvalue weighted by Gasteiger charge is -2.28. The van der Waals surface area contributed by atoms with Crippen molar-refractivity contribution in [3.63, 3.8) is 0 Å². The lowest BCUT2D eigenvalue weighted by atomic mass is 10.2. The van der Waals surface area contributed by atoms with Crippen molar-refractivity contribution < 1.29 is 9.13 Å². The molecule has 0 atom stereocenters. The predicted molar refractivity (Wildman–Crippen MR) is 103 cm³/mol. The normalized spacial score (nSPS) is 15.0. The van der Waals surface area contributed by atoms with Crippen LogP contribution in [0.4, 0.5) is 10.1 Å². The zero-order chi connectivity index (χ0) is 18.2. The molecule has 5 nitrogen and oxygen atoms in total. The number of nitrogens with one attached hydrogen (secondary N) is 2. The minimum atomic E-state index is -0.229. The first-order valence-electron chi connectivity index (χ1n) is 8.85. The molecule has 2 aromatic rings. The zero-order valence-electron chi connectivity index (χ0n) is 15.0. The number of anilines is 1. The van der Waals surface area contributed by atoms with E-state index in [1.165, 1.54) is 23.4 Å². The van der Waals surface area contributed by atoms with E-state index in [1.54, 1.807) is 13.1 Å². The maximum Gasteiger partial charge on any atom is 0.191 e. The van der Waals surface area contributed by atoms with Gasteiger partial charge in [0.2, 0.25) is 0 Å². The Morgan fingerprint density at radius 1 is 1.04 bits per heavy atom. The molecule has 1 aliphatic rings. The van der Waals surface area contributed by atoms with Crippen LogP contribution in [-0.4, -0.2) is 39.3 Å². The molecule has 6 heteroatoms. The van der Waals surface area contributed by atoms with Gasteiger partial charge in [0.25, 0.3) is 0 Å². The smallest absolute Gasteiger partial charge is 0.191 e. The summed E-state index contributed by atoms with van der Waals surface area (Å²) in [4.78, 5) is 6.54. The van der Waals surface area contributed by atoms with Crippen LogP contribution in [0.2, 0.25) is 0 Å². The van der Waals surface area contributed by atoms with Gasteiger partial charge in [0.15, 0.2) is 5.96 Å². The highest BCUT2D eigenvalue weighted by Crippen LogP contribution is 2.16. The molecule has 0 saturated carbocycles. The molecular weight excluding hydrogens is 331 g/mol. The summed E-state index contributed by atoms with van der Waals surface area (Å²) in [5.41, 5.74) is 3.28. The Morgan fingerprint density at radius 3 is 2.38 bits per heavy atom. The van der Waals surface area contributed by atoms with E-state index < -0.39 is 0 Å². The summed E-state index contributed by atoms with van der Waals surface area (Å²) in [6.07, 6.45) is 0. The maximum atomic E-state index is 13.2. The van der Waals surface area contributed by atoms with Gasteiger partial charge in [-0.25, -0.2) is 4.39 Å². The van der Waals surface area contributed by atoms with Crippen molar-refractivity contribution >= 4 is 11.6 Å². The van der Waals surface area contributed by atoms with Crippen LogP contribution in [0.5, 0.6) is 0 Å². The molecule has 1 fully saturated rings. The second kappa shape index (κ2) is 9.20. The molecule has 2 N–H and O–H groups in total. The number of guanidine groups is 1. The van der Waals surface area contributed by atoms with Gasteiger partial charge in [-0.3, -0.25) is 4.99 Å². The molecule has 0 spiro atoms. The van der Waals surface area contributed by atoms with E-state index in [0.717, 1.165) is 31.9 Å². The van der Waals surface area contributed by atoms with Crippen LogP contribution in [-0.2, 0) is 17.8 Å². The van der Waals surface area contributed by atoms with Crippen molar-refractivity contribution in [1.82, 2.24) is 10.6 Å². The Kier molecular flexibility index (Phi) is 6.44. The molecule has 26 heavy (non-hydrogen) atoms. The summed E-state index contributed by atoms with van der Waals surface area (Å²) < 4.78 is 18.6. The van der Waals surface area contributed by atoms with Gasteiger partial charge in [0.05, 0.1) is 13.2 Å². The number of hydrogen-bond donors (Lipinski definition) is 2. The fraction of sp³-hybridized carbons (Fsp3) is 0.350. The van der Waals surface area contributed by atoms with Crippen LogP contribution in [0.15, 0.2) is 53.5 Å². The molecule has 1 saturated heterocycles. The number of ether oxygens (including phenoxy) is 1. The second-order valence-corrected chi connectivity index (χ2v) is 6.18. The zero-order valence-corrected chi connectivity index (χ0v) is 15.0. The van der Waals surface area contributed by atoms with Crippen molar-refractivity contribution in [2.45, 2.75) is 13.1 Å². The van der Waals surface area contributed by atoms with Crippen LogP contribution in [0.1, 0.15) is 11.1 Å². The first-order chi connectivity index (χ1) is 12.7. The van der Waals surface area contributed by atoms with Crippen molar-refractivity contribution in [3.05, 3.63) is 65.5 Å². The first kappa shape index (κ1) is 18.2. The molecular formula is C20H25FN4O. The van der Waals surface area contributed by atoms with Crippen LogP contribution in [0, 0.1) is 5.82 Å². The molecule has 0 aromatic heterocycles. The molecule has 138 valence electrons. The molecule has 3 rings (SSSR count). The quantitative estimate of drug-likeness (QED) is 0.639. The predicted octanol–water partition coefficient (Wildman–Crippen LogP) is 2.53. The Hall–Kier alpha value is -2.60. The fourth-order valence-electron chi connectivity index (χ4n) is 2.89. The van der Waals surface area contributed by atoms with Gasteiger partial charge >= 0.3 is 0 Å². The summed E-state index contributed by atoms with van der Waals surface area (Å²) in [5, 5.41) is 6.48. The van der Waals surface area contributed by atoms with E-state index in [9.17, 15) is 4.39 Å². The number of halogens is 1. The highest BCUT2D eigenvalue weighted by molar-refractivity contribution is 5.79. The maximum absolute atomic E-state index is 13.2. The van der Waals surface area contributed by atoms with Gasteiger partial charge < -0.3 is 20.3 Å². The van der Waals surface area contributed by atoms with Gasteiger partial charge in [-0.05, 0) is 35.4 Å². The second-order valence-electron chi connectivity index (χ2n) is 6.18. The summed E-state index contributed by atoms with van der Waals surface area (Å²) in [6.45, 7) is 4.65. The van der Waals surface area contributed by atoms with E-state index in [0.29, 0.717) is 19.0 Å². The Balaban J connectivity index is 1.48. The highest BCUT2D eigenvalue weighted by Gasteiger charge is 2.10. The van der Waals surface area contributed by atoms with E-state index in [1.807, 2.05) is 6.07 Å². The van der Waals surface area contributed by atoms with Gasteiger partial charge in [-0.15, -0.1) is 0 Å². The van der Waals surface area contributed by atoms with Crippen LogP contribution < -0.4 is 15.5 Å². The summed E-state index contributed by atoms with van der Waals surface area (Å²) in [5.74, 6) is 0.458. The van der Waals surface area contributed by atoms with Gasteiger partial charge in [-0.1, -0.05) is 24.3 Å². The summed E-state index contributed by atoms with van der Waals surface area (Å²) in [7, 11) is 1.72. The first-order valence-corrected chi connectivity index (χ1v) is 8.85. The Morgan fingerprint density at radius 2 is 1.73 bits per heavy atom. The standard InChI is InChI=1S/C20H25FN4O/c1-22-20(24-15-17-3-2-4-18(21)13-17)23-14-16-5-7-19(8-6-16)25-9-11-26-12-10-25/h2-8,13H,9-12,14-15H2,1H3,(H2,22,23,24). The average molecular weight is 356 g/mol. The number of hydrogen-bond acceptors (Lipinski definition) is 3. The Bertz CT molecular complexity index is 727. The third-order valence-corrected chi connectivity index (χ3v) is 4.35. The number of aliphatic imine (C=N–C) groups is 1. The minimum Gasteiger partial charge on any atom is -0.378 e. The number of nitrogens with zero attached hydrogens (tertiary/aromatic N) is 2. The van der Waals surface area contributed by atoms with Crippen LogP contribution >= 0.6 is 0 Å². The number of rotatable bonds is 5. The Labute approximate surface area is 153 Å². The average Bonchev–Trinajstić information content (AvgIpc) is 2.69. The van der Waals surface area contributed by atoms with Gasteiger partial charge in [-0.2, -0.15) is 0 Å². The van der Waals surface area contributed by atoms with Gasteiger partial charge in [0, 0.05) is 38.9 Å². The molecule has 0 radical (unpaired) electrons. The van der Waals surface area contributed by atoms with Crippen molar-refractivity contribution in [3.8, 4) is 0 Å². The molecule has 1 heterocycles. The van der Waals surface area contributed by atoms with E-state index in [4.69, 9.17) is 4.74 Å². The molecule has 0 amide bonds. The monoisotopic (exact) mass is 356 g/mol. The highest BCUT2D eigenvalue weighted by atomic mass is 19.1. The van der Waals surface area contributed by atoms with Gasteiger partial charge in [0.1, 0.15) is 5.82 Å². The molecule has 0 bridgehead atoms. The minimum absolute atomic E-state index is 0.229. The molecule has 0 unspecified atom stereocenters. The number of morpholine rings is 1. The van der Waals surface area contributed by atoms with Crippen LogP contribution in [0.25, 0.3) is 0 Å². The van der Waals surface area contributed by atoms with Crippen molar-refractivity contribution in [1.29, 1.82) is 0 Å². The largest absolute Gasteiger partial charge is 0.378 e. The SMILES string of the molecule is CN=C(NCc1ccc(N2CCOCC2)cc1)NCc1cccc(F)c1. The van der Waals surface area contributed by atoms with Crippen molar-refractivity contribution in [2.24, 2.45) is 4.99 Å². The lowest BCUT2D eigenvalue weighted by Crippen LogP contribution is -2.36. The van der Waals surface area contributed by atoms with E-state index >= 15 is 0 Å². The van der Waals surface area contributed by atoms with E-state index in [-0.39, 0.29) is 5.82 Å². The fourth-order valence-corrected chi connectivity index (χ4v) is 2.89.